The molecule has 0 N–H and O–H groups in total. The summed E-state index contributed by atoms with van der Waals surface area (Å²) >= 11 is 1.63. The molecule has 1 aromatic heterocycles. The monoisotopic (exact) mass is 341 g/mol. The summed E-state index contributed by atoms with van der Waals surface area (Å²) in [6.07, 6.45) is 0. The standard InChI is InChI=1S/C14H10N3.Sb/c1-3-7-12(8-4-1)14-11-17(16-15-14)13-9-5-2-6-10-13;/h1-10H;. The van der Waals surface area contributed by atoms with E-state index in [-0.39, 0.29) is 0 Å². The van der Waals surface area contributed by atoms with E-state index in [4.69, 9.17) is 0 Å². The van der Waals surface area contributed by atoms with E-state index in [0.717, 1.165) is 20.6 Å². The van der Waals surface area contributed by atoms with Crippen LogP contribution in [0.1, 0.15) is 0 Å². The molecule has 3 nitrogen and oxygen atoms in total. The van der Waals surface area contributed by atoms with E-state index in [1.807, 2.05) is 53.2 Å². The Hall–Kier alpha value is -1.60. The van der Waals surface area contributed by atoms with E-state index in [1.165, 1.54) is 0 Å². The van der Waals surface area contributed by atoms with Crippen molar-refractivity contribution in [3.63, 3.8) is 0 Å². The molecule has 0 amide bonds. The van der Waals surface area contributed by atoms with Crippen LogP contribution in [0, 0.1) is 0 Å². The van der Waals surface area contributed by atoms with Crippen molar-refractivity contribution in [1.82, 2.24) is 15.0 Å². The van der Waals surface area contributed by atoms with Gasteiger partial charge < -0.3 is 0 Å². The van der Waals surface area contributed by atoms with Crippen LogP contribution in [0.4, 0.5) is 0 Å². The first-order valence-corrected chi connectivity index (χ1v) is 6.89. The van der Waals surface area contributed by atoms with Gasteiger partial charge >= 0.3 is 119 Å². The van der Waals surface area contributed by atoms with Crippen molar-refractivity contribution in [2.45, 2.75) is 0 Å². The summed E-state index contributed by atoms with van der Waals surface area (Å²) in [5, 5.41) is 8.53. The molecular weight excluding hydrogens is 332 g/mol. The quantitative estimate of drug-likeness (QED) is 0.665. The third kappa shape index (κ3) is 2.06. The summed E-state index contributed by atoms with van der Waals surface area (Å²) in [4.78, 5) is 0. The van der Waals surface area contributed by atoms with Gasteiger partial charge in [0.25, 0.3) is 0 Å². The zero-order valence-electron chi connectivity index (χ0n) is 9.56. The van der Waals surface area contributed by atoms with Crippen LogP contribution in [0.15, 0.2) is 60.7 Å². The van der Waals surface area contributed by atoms with Gasteiger partial charge in [0.2, 0.25) is 0 Å². The number of nitrogens with zero attached hydrogens (tertiary/aromatic N) is 3. The Labute approximate surface area is 119 Å². The molecule has 0 saturated heterocycles. The van der Waals surface area contributed by atoms with E-state index >= 15 is 0 Å². The Morgan fingerprint density at radius 1 is 0.833 bits per heavy atom. The van der Waals surface area contributed by atoms with Gasteiger partial charge in [-0.1, -0.05) is 0 Å². The predicted octanol–water partition coefficient (Wildman–Crippen LogP) is 1.73. The van der Waals surface area contributed by atoms with E-state index in [9.17, 15) is 0 Å². The second-order valence-electron chi connectivity index (χ2n) is 3.88. The molecule has 0 spiro atoms. The molecule has 1 heterocycles. The first-order chi connectivity index (χ1) is 8.86. The normalized spacial score (nSPS) is 10.5. The number of hydrogen-bond acceptors (Lipinski definition) is 2. The van der Waals surface area contributed by atoms with Crippen molar-refractivity contribution in [3.05, 3.63) is 60.7 Å². The second-order valence-corrected chi connectivity index (χ2v) is 5.08. The van der Waals surface area contributed by atoms with Crippen LogP contribution < -0.4 is 3.64 Å². The summed E-state index contributed by atoms with van der Waals surface area (Å²) in [5.74, 6) is 0. The molecule has 18 heavy (non-hydrogen) atoms. The fraction of sp³-hybridized carbons (Fsp3) is 0. The van der Waals surface area contributed by atoms with Crippen LogP contribution in [-0.2, 0) is 0 Å². The Balaban J connectivity index is 2.09. The van der Waals surface area contributed by atoms with Gasteiger partial charge in [-0.2, -0.15) is 0 Å². The van der Waals surface area contributed by atoms with Crippen LogP contribution in [0.2, 0.25) is 0 Å². The van der Waals surface area contributed by atoms with Crippen LogP contribution in [0.25, 0.3) is 16.9 Å². The van der Waals surface area contributed by atoms with Crippen molar-refractivity contribution in [2.75, 3.05) is 0 Å². The first-order valence-electron chi connectivity index (χ1n) is 5.62. The molecule has 0 aliphatic rings. The molecule has 0 bridgehead atoms. The molecule has 0 fully saturated rings. The fourth-order valence-corrected chi connectivity index (χ4v) is 2.74. The molecule has 0 saturated carbocycles. The maximum absolute atomic E-state index is 4.29. The fourth-order valence-electron chi connectivity index (χ4n) is 1.80. The van der Waals surface area contributed by atoms with Crippen molar-refractivity contribution in [2.24, 2.45) is 0 Å². The third-order valence-corrected chi connectivity index (χ3v) is 3.84. The van der Waals surface area contributed by atoms with Crippen molar-refractivity contribution in [3.8, 4) is 16.9 Å². The zero-order chi connectivity index (χ0) is 12.4. The van der Waals surface area contributed by atoms with Crippen molar-refractivity contribution >= 4 is 26.7 Å². The molecule has 3 aromatic rings. The topological polar surface area (TPSA) is 30.7 Å². The van der Waals surface area contributed by atoms with Gasteiger partial charge in [0.15, 0.2) is 0 Å². The van der Waals surface area contributed by atoms with Gasteiger partial charge in [-0.25, -0.2) is 0 Å². The average molecular weight is 342 g/mol. The van der Waals surface area contributed by atoms with Gasteiger partial charge in [0, 0.05) is 0 Å². The molecule has 3 rings (SSSR count). The summed E-state index contributed by atoms with van der Waals surface area (Å²) in [6, 6.07) is 20.2. The second kappa shape index (κ2) is 4.95. The van der Waals surface area contributed by atoms with Crippen LogP contribution in [0.5, 0.6) is 0 Å². The van der Waals surface area contributed by atoms with Crippen molar-refractivity contribution in [1.29, 1.82) is 0 Å². The minimum absolute atomic E-state index is 0.952. The Morgan fingerprint density at radius 3 is 2.11 bits per heavy atom. The van der Waals surface area contributed by atoms with Crippen LogP contribution >= 0.6 is 0 Å². The maximum atomic E-state index is 4.29. The summed E-state index contributed by atoms with van der Waals surface area (Å²) in [7, 11) is 0. The number of benzene rings is 2. The molecule has 0 unspecified atom stereocenters. The average Bonchev–Trinajstić information content (AvgIpc) is 2.83. The molecule has 86 valence electrons. The molecule has 0 atom stereocenters. The number of para-hydroxylation sites is 1. The summed E-state index contributed by atoms with van der Waals surface area (Å²) in [5.41, 5.74) is 3.10. The van der Waals surface area contributed by atoms with E-state index in [0.29, 0.717) is 0 Å². The van der Waals surface area contributed by atoms with E-state index in [1.54, 1.807) is 23.0 Å². The molecule has 4 heteroatoms. The van der Waals surface area contributed by atoms with Gasteiger partial charge in [0.05, 0.1) is 0 Å². The zero-order valence-corrected chi connectivity index (χ0v) is 12.1. The number of aromatic nitrogens is 3. The molecule has 2 radical (unpaired) electrons. The van der Waals surface area contributed by atoms with E-state index in [2.05, 4.69) is 22.4 Å². The van der Waals surface area contributed by atoms with E-state index < -0.39 is 0 Å². The Morgan fingerprint density at radius 2 is 1.44 bits per heavy atom. The van der Waals surface area contributed by atoms with Gasteiger partial charge in [-0.15, -0.1) is 0 Å². The van der Waals surface area contributed by atoms with Crippen molar-refractivity contribution < 1.29 is 0 Å². The van der Waals surface area contributed by atoms with Gasteiger partial charge in [-0.3, -0.25) is 0 Å². The molecular formula is C14H10N3Sb. The number of hydrogen-bond donors (Lipinski definition) is 0. The third-order valence-electron chi connectivity index (χ3n) is 2.69. The first kappa shape index (κ1) is 11.5. The van der Waals surface area contributed by atoms with Crippen LogP contribution in [0.3, 0.4) is 0 Å². The number of rotatable bonds is 2. The summed E-state index contributed by atoms with van der Waals surface area (Å²) < 4.78 is 2.98. The van der Waals surface area contributed by atoms with Crippen LogP contribution in [-0.4, -0.2) is 38.0 Å². The predicted molar refractivity (Wildman–Crippen MR) is 72.2 cm³/mol. The minimum atomic E-state index is 0.952. The van der Waals surface area contributed by atoms with Gasteiger partial charge in [0.1, 0.15) is 0 Å². The SMILES string of the molecule is [Sb][c]1c(-c2ccccc2)nnn1-c1ccccc1. The summed E-state index contributed by atoms with van der Waals surface area (Å²) in [6.45, 7) is 0. The Kier molecular flexibility index (Phi) is 3.16. The molecule has 2 aromatic carbocycles. The van der Waals surface area contributed by atoms with Gasteiger partial charge in [-0.05, 0) is 0 Å². The Bertz CT molecular complexity index is 590. The molecule has 0 aliphatic carbocycles. The molecule has 0 aliphatic heterocycles.